The maximum Gasteiger partial charge on any atom is 0.265 e. The van der Waals surface area contributed by atoms with Crippen LogP contribution < -0.4 is 9.62 Å². The lowest BCUT2D eigenvalue weighted by Crippen LogP contribution is -2.36. The van der Waals surface area contributed by atoms with Crippen LogP contribution in [0, 0.1) is 0 Å². The van der Waals surface area contributed by atoms with Crippen molar-refractivity contribution in [2.24, 2.45) is 0 Å². The summed E-state index contributed by atoms with van der Waals surface area (Å²) in [7, 11) is -3.75. The molecule has 1 unspecified atom stereocenters. The van der Waals surface area contributed by atoms with E-state index in [-0.39, 0.29) is 17.5 Å². The summed E-state index contributed by atoms with van der Waals surface area (Å²) in [5, 5.41) is 8.52. The van der Waals surface area contributed by atoms with Gasteiger partial charge in [-0.15, -0.1) is 0 Å². The quantitative estimate of drug-likeness (QED) is 0.732. The van der Waals surface area contributed by atoms with Gasteiger partial charge in [-0.1, -0.05) is 31.2 Å². The lowest BCUT2D eigenvalue weighted by molar-refractivity contribution is -0.114. The molecule has 0 fully saturated rings. The van der Waals surface area contributed by atoms with E-state index in [4.69, 9.17) is 0 Å². The summed E-state index contributed by atoms with van der Waals surface area (Å²) in [6.07, 6.45) is 2.48. The fourth-order valence-electron chi connectivity index (χ4n) is 3.38. The smallest absolute Gasteiger partial charge is 0.265 e. The van der Waals surface area contributed by atoms with Gasteiger partial charge in [-0.05, 0) is 30.9 Å². The van der Waals surface area contributed by atoms with E-state index >= 15 is 0 Å². The van der Waals surface area contributed by atoms with E-state index in [1.807, 2.05) is 26.0 Å². The lowest BCUT2D eigenvalue weighted by Gasteiger charge is -2.19. The number of benzene rings is 2. The van der Waals surface area contributed by atoms with Crippen LogP contribution in [0.2, 0.25) is 0 Å². The van der Waals surface area contributed by atoms with Crippen LogP contribution in [-0.4, -0.2) is 30.7 Å². The molecule has 1 aliphatic rings. The highest BCUT2D eigenvalue weighted by atomic mass is 32.2. The summed E-state index contributed by atoms with van der Waals surface area (Å²) >= 11 is 0. The van der Waals surface area contributed by atoms with Gasteiger partial charge in [-0.25, -0.2) is 13.1 Å². The van der Waals surface area contributed by atoms with Crippen molar-refractivity contribution in [2.45, 2.75) is 31.2 Å². The Morgan fingerprint density at radius 2 is 1.93 bits per heavy atom. The van der Waals surface area contributed by atoms with E-state index in [0.29, 0.717) is 16.9 Å². The predicted octanol–water partition coefficient (Wildman–Crippen LogP) is 3.15. The largest absolute Gasteiger partial charge is 0.309 e. The molecule has 3 aromatic rings. The molecular weight excluding hydrogens is 364 g/mol. The van der Waals surface area contributed by atoms with Crippen molar-refractivity contribution in [3.05, 3.63) is 48.7 Å². The van der Waals surface area contributed by atoms with Gasteiger partial charge in [-0.3, -0.25) is 9.10 Å². The molecule has 2 aromatic carbocycles. The number of carbonyl (C=O) groups excluding carboxylic acids is 1. The van der Waals surface area contributed by atoms with Gasteiger partial charge < -0.3 is 5.32 Å². The van der Waals surface area contributed by atoms with Gasteiger partial charge in [0, 0.05) is 11.5 Å². The lowest BCUT2D eigenvalue weighted by atomic mass is 10.1. The third-order valence-electron chi connectivity index (χ3n) is 4.91. The number of aromatic nitrogens is 2. The first-order chi connectivity index (χ1) is 12.9. The zero-order chi connectivity index (χ0) is 19.2. The molecule has 0 saturated carbocycles. The van der Waals surface area contributed by atoms with Gasteiger partial charge >= 0.3 is 0 Å². The van der Waals surface area contributed by atoms with Crippen LogP contribution in [0.15, 0.2) is 53.6 Å². The molecule has 0 saturated heterocycles. The average molecular weight is 384 g/mol. The van der Waals surface area contributed by atoms with Crippen molar-refractivity contribution in [1.82, 2.24) is 9.78 Å². The molecule has 7 nitrogen and oxygen atoms in total. The van der Waals surface area contributed by atoms with Crippen LogP contribution in [0.4, 0.5) is 11.5 Å². The second-order valence-electron chi connectivity index (χ2n) is 6.61. The van der Waals surface area contributed by atoms with Crippen molar-refractivity contribution in [3.63, 3.8) is 0 Å². The van der Waals surface area contributed by atoms with Crippen LogP contribution in [0.1, 0.15) is 26.3 Å². The average Bonchev–Trinajstić information content (AvgIpc) is 3.19. The molecule has 2 heterocycles. The fourth-order valence-corrected chi connectivity index (χ4v) is 5.05. The topological polar surface area (TPSA) is 84.3 Å². The summed E-state index contributed by atoms with van der Waals surface area (Å²) in [6, 6.07) is 12.4. The van der Waals surface area contributed by atoms with Crippen LogP contribution in [0.3, 0.4) is 0 Å². The van der Waals surface area contributed by atoms with E-state index in [0.717, 1.165) is 11.8 Å². The molecule has 0 aliphatic carbocycles. The van der Waals surface area contributed by atoms with Crippen LogP contribution >= 0.6 is 0 Å². The van der Waals surface area contributed by atoms with Crippen molar-refractivity contribution < 1.29 is 13.2 Å². The van der Waals surface area contributed by atoms with E-state index < -0.39 is 15.9 Å². The standard InChI is InChI=1S/C19H20N4O3S/c1-3-13(2)23-17(10-11-20-23)21-18(24)12-22-15-8-4-6-14-7-5-9-16(19(14)15)27(22,25)26/h4-11,13H,3,12H2,1-2H3,(H,21,24). The normalized spacial score (nSPS) is 15.9. The number of sulfonamides is 1. The Hall–Kier alpha value is -2.87. The van der Waals surface area contributed by atoms with Crippen molar-refractivity contribution in [1.29, 1.82) is 0 Å². The third kappa shape index (κ3) is 2.76. The van der Waals surface area contributed by atoms with Crippen LogP contribution in [0.25, 0.3) is 10.8 Å². The van der Waals surface area contributed by atoms with Crippen molar-refractivity contribution in [3.8, 4) is 0 Å². The molecule has 1 aromatic heterocycles. The number of nitrogens with zero attached hydrogens (tertiary/aromatic N) is 3. The SMILES string of the molecule is CCC(C)n1nccc1NC(=O)CN1c2cccc3cccc(c23)S1(=O)=O. The minimum absolute atomic E-state index is 0.129. The molecule has 1 aliphatic heterocycles. The van der Waals surface area contributed by atoms with E-state index in [2.05, 4.69) is 10.4 Å². The number of amides is 1. The van der Waals surface area contributed by atoms with Gasteiger partial charge in [0.2, 0.25) is 5.91 Å². The van der Waals surface area contributed by atoms with Gasteiger partial charge in [0.1, 0.15) is 12.4 Å². The number of hydrogen-bond donors (Lipinski definition) is 1. The number of hydrogen-bond acceptors (Lipinski definition) is 4. The van der Waals surface area contributed by atoms with Gasteiger partial charge in [0.15, 0.2) is 0 Å². The van der Waals surface area contributed by atoms with Crippen LogP contribution in [-0.2, 0) is 14.8 Å². The minimum Gasteiger partial charge on any atom is -0.309 e. The van der Waals surface area contributed by atoms with E-state index in [9.17, 15) is 13.2 Å². The summed E-state index contributed by atoms with van der Waals surface area (Å²) in [5.74, 6) is 0.148. The van der Waals surface area contributed by atoms with E-state index in [1.165, 1.54) is 4.31 Å². The molecule has 0 radical (unpaired) electrons. The maximum atomic E-state index is 13.0. The Balaban J connectivity index is 1.63. The van der Waals surface area contributed by atoms with Gasteiger partial charge in [0.05, 0.1) is 22.8 Å². The number of rotatable bonds is 5. The van der Waals surface area contributed by atoms with Crippen molar-refractivity contribution >= 4 is 38.2 Å². The summed E-state index contributed by atoms with van der Waals surface area (Å²) in [4.78, 5) is 12.9. The Morgan fingerprint density at radius 1 is 1.19 bits per heavy atom. The van der Waals surface area contributed by atoms with Gasteiger partial charge in [-0.2, -0.15) is 5.10 Å². The molecule has 0 spiro atoms. The molecule has 8 heteroatoms. The third-order valence-corrected chi connectivity index (χ3v) is 6.72. The summed E-state index contributed by atoms with van der Waals surface area (Å²) < 4.78 is 28.8. The summed E-state index contributed by atoms with van der Waals surface area (Å²) in [5.41, 5.74) is 0.536. The monoisotopic (exact) mass is 384 g/mol. The van der Waals surface area contributed by atoms with Crippen molar-refractivity contribution in [2.75, 3.05) is 16.2 Å². The Morgan fingerprint density at radius 3 is 2.67 bits per heavy atom. The minimum atomic E-state index is -3.75. The molecule has 0 bridgehead atoms. The molecule has 4 rings (SSSR count). The second-order valence-corrected chi connectivity index (χ2v) is 8.44. The number of nitrogens with one attached hydrogen (secondary N) is 1. The first kappa shape index (κ1) is 17.5. The zero-order valence-electron chi connectivity index (χ0n) is 15.1. The first-order valence-corrected chi connectivity index (χ1v) is 10.3. The zero-order valence-corrected chi connectivity index (χ0v) is 15.9. The maximum absolute atomic E-state index is 13.0. The predicted molar refractivity (Wildman–Crippen MR) is 104 cm³/mol. The Kier molecular flexibility index (Phi) is 4.15. The molecule has 1 N–H and O–H groups in total. The van der Waals surface area contributed by atoms with Gasteiger partial charge in [0.25, 0.3) is 10.0 Å². The second kappa shape index (κ2) is 6.38. The number of carbonyl (C=O) groups is 1. The fraction of sp³-hybridized carbons (Fsp3) is 0.263. The number of anilines is 2. The molecule has 27 heavy (non-hydrogen) atoms. The highest BCUT2D eigenvalue weighted by molar-refractivity contribution is 7.93. The Bertz CT molecular complexity index is 1130. The molecule has 1 amide bonds. The molecular formula is C19H20N4O3S. The highest BCUT2D eigenvalue weighted by Gasteiger charge is 2.36. The van der Waals surface area contributed by atoms with E-state index in [1.54, 1.807) is 41.2 Å². The molecule has 1 atom stereocenters. The summed E-state index contributed by atoms with van der Waals surface area (Å²) in [6.45, 7) is 3.75. The highest BCUT2D eigenvalue weighted by Crippen LogP contribution is 2.41. The Labute approximate surface area is 157 Å². The molecule has 140 valence electrons. The first-order valence-electron chi connectivity index (χ1n) is 8.81. The van der Waals surface area contributed by atoms with Crippen LogP contribution in [0.5, 0.6) is 0 Å².